The molecule has 0 saturated carbocycles. The van der Waals surface area contributed by atoms with E-state index in [1.807, 2.05) is 42.6 Å². The molecule has 0 amide bonds. The van der Waals surface area contributed by atoms with Gasteiger partial charge in [-0.05, 0) is 74.8 Å². The van der Waals surface area contributed by atoms with E-state index in [-0.39, 0.29) is 24.2 Å². The van der Waals surface area contributed by atoms with Crippen molar-refractivity contribution in [3.05, 3.63) is 82.9 Å². The topological polar surface area (TPSA) is 68.6 Å². The lowest BCUT2D eigenvalue weighted by Crippen LogP contribution is -2.36. The summed E-state index contributed by atoms with van der Waals surface area (Å²) in [4.78, 5) is 19.4. The number of nitrogens with zero attached hydrogens (tertiary/aromatic N) is 3. The third-order valence-electron chi connectivity index (χ3n) is 6.96. The molecule has 7 nitrogen and oxygen atoms in total. The number of nitrogens with one attached hydrogen (secondary N) is 1. The highest BCUT2D eigenvalue weighted by atomic mass is 32.1. The van der Waals surface area contributed by atoms with E-state index >= 15 is 0 Å². The summed E-state index contributed by atoms with van der Waals surface area (Å²) in [6.45, 7) is 5.68. The van der Waals surface area contributed by atoms with Gasteiger partial charge < -0.3 is 24.3 Å². The minimum Gasteiger partial charge on any atom is -0.465 e. The van der Waals surface area contributed by atoms with Gasteiger partial charge in [-0.25, -0.2) is 4.79 Å². The predicted molar refractivity (Wildman–Crippen MR) is 138 cm³/mol. The van der Waals surface area contributed by atoms with Gasteiger partial charge in [0.1, 0.15) is 0 Å². The number of methoxy groups -OCH3 is 1. The number of ether oxygens (including phenoxy) is 2. The molecule has 0 bridgehead atoms. The first kappa shape index (κ1) is 23.5. The first-order chi connectivity index (χ1) is 17.0. The highest BCUT2D eigenvalue weighted by Crippen LogP contribution is 2.42. The van der Waals surface area contributed by atoms with Crippen molar-refractivity contribution in [1.29, 1.82) is 0 Å². The van der Waals surface area contributed by atoms with E-state index in [0.717, 1.165) is 54.3 Å². The summed E-state index contributed by atoms with van der Waals surface area (Å²) in [5.74, 6) is -0.357. The maximum absolute atomic E-state index is 12.5. The molecule has 0 spiro atoms. The molecule has 2 aliphatic rings. The van der Waals surface area contributed by atoms with Gasteiger partial charge in [0.25, 0.3) is 0 Å². The number of para-hydroxylation sites is 1. The van der Waals surface area contributed by atoms with Crippen molar-refractivity contribution in [2.45, 2.75) is 44.9 Å². The van der Waals surface area contributed by atoms with Crippen LogP contribution in [0.3, 0.4) is 0 Å². The number of aryl methyl sites for hydroxylation is 1. The second-order valence-electron chi connectivity index (χ2n) is 9.08. The molecule has 1 aromatic carbocycles. The van der Waals surface area contributed by atoms with E-state index in [9.17, 15) is 4.79 Å². The van der Waals surface area contributed by atoms with Crippen LogP contribution in [0.15, 0.2) is 54.7 Å². The van der Waals surface area contributed by atoms with Gasteiger partial charge >= 0.3 is 5.97 Å². The first-order valence-corrected chi connectivity index (χ1v) is 12.4. The smallest absolute Gasteiger partial charge is 0.339 e. The van der Waals surface area contributed by atoms with Gasteiger partial charge in [-0.15, -0.1) is 0 Å². The second-order valence-corrected chi connectivity index (χ2v) is 9.47. The van der Waals surface area contributed by atoms with E-state index in [4.69, 9.17) is 21.7 Å². The van der Waals surface area contributed by atoms with Gasteiger partial charge in [-0.2, -0.15) is 0 Å². The van der Waals surface area contributed by atoms with Crippen molar-refractivity contribution < 1.29 is 14.3 Å². The normalized spacial score (nSPS) is 21.9. The number of hydrogen-bond donors (Lipinski definition) is 1. The van der Waals surface area contributed by atoms with E-state index in [1.54, 1.807) is 6.07 Å². The van der Waals surface area contributed by atoms with Gasteiger partial charge in [0.05, 0.1) is 42.2 Å². The number of aromatic nitrogens is 2. The Morgan fingerprint density at radius 2 is 2.03 bits per heavy atom. The Morgan fingerprint density at radius 3 is 2.74 bits per heavy atom. The van der Waals surface area contributed by atoms with Crippen LogP contribution < -0.4 is 5.32 Å². The lowest BCUT2D eigenvalue weighted by atomic mass is 9.96. The molecule has 2 aromatic heterocycles. The zero-order valence-corrected chi connectivity index (χ0v) is 21.0. The lowest BCUT2D eigenvalue weighted by Gasteiger charge is -2.30. The monoisotopic (exact) mass is 490 g/mol. The summed E-state index contributed by atoms with van der Waals surface area (Å²) in [5.41, 5.74) is 5.49. The van der Waals surface area contributed by atoms with Gasteiger partial charge in [0.2, 0.25) is 0 Å². The zero-order valence-electron chi connectivity index (χ0n) is 20.2. The Hall–Kier alpha value is -3.23. The third-order valence-corrected chi connectivity index (χ3v) is 7.31. The Bertz CT molecular complexity index is 1240. The molecule has 8 heteroatoms. The molecule has 3 unspecified atom stereocenters. The van der Waals surface area contributed by atoms with Crippen LogP contribution in [-0.2, 0) is 9.47 Å². The molecule has 2 saturated heterocycles. The lowest BCUT2D eigenvalue weighted by molar-refractivity contribution is 0.0600. The highest BCUT2D eigenvalue weighted by molar-refractivity contribution is 7.80. The number of esters is 1. The number of carbonyl (C=O) groups is 1. The molecule has 4 heterocycles. The van der Waals surface area contributed by atoms with Crippen LogP contribution in [0, 0.1) is 13.8 Å². The Balaban J connectivity index is 1.61. The predicted octanol–water partition coefficient (Wildman–Crippen LogP) is 4.43. The molecular weight excluding hydrogens is 460 g/mol. The fourth-order valence-electron chi connectivity index (χ4n) is 5.36. The van der Waals surface area contributed by atoms with Gasteiger partial charge in [-0.1, -0.05) is 18.2 Å². The Kier molecular flexibility index (Phi) is 6.58. The molecule has 3 atom stereocenters. The number of thiocarbonyl (C=S) groups is 1. The molecule has 1 N–H and O–H groups in total. The van der Waals surface area contributed by atoms with E-state index < -0.39 is 0 Å². The minimum absolute atomic E-state index is 0.0631. The van der Waals surface area contributed by atoms with Crippen LogP contribution >= 0.6 is 12.2 Å². The van der Waals surface area contributed by atoms with Gasteiger partial charge in [0.15, 0.2) is 5.11 Å². The molecule has 3 aromatic rings. The standard InChI is InChI=1S/C27H30N4O3S/c1-17-15-21(18(2)31(17)23-12-5-4-10-20(23)26(32)33-3)25-24(22-11-6-7-13-28-22)29-27(35)30(25)16-19-9-8-14-34-19/h4-7,10-13,15,19,24-25H,8-9,14,16H2,1-3H3,(H,29,35). The van der Waals surface area contributed by atoms with Crippen molar-refractivity contribution in [3.63, 3.8) is 0 Å². The van der Waals surface area contributed by atoms with E-state index in [2.05, 4.69) is 39.7 Å². The fourth-order valence-corrected chi connectivity index (χ4v) is 5.67. The summed E-state index contributed by atoms with van der Waals surface area (Å²) in [7, 11) is 1.41. The van der Waals surface area contributed by atoms with Crippen molar-refractivity contribution >= 4 is 23.3 Å². The summed E-state index contributed by atoms with van der Waals surface area (Å²) >= 11 is 5.84. The number of rotatable bonds is 6. The zero-order chi connectivity index (χ0) is 24.5. The van der Waals surface area contributed by atoms with Crippen LogP contribution in [0.1, 0.15) is 57.9 Å². The summed E-state index contributed by atoms with van der Waals surface area (Å²) < 4.78 is 13.2. The second kappa shape index (κ2) is 9.79. The maximum Gasteiger partial charge on any atom is 0.339 e. The summed E-state index contributed by atoms with van der Waals surface area (Å²) in [6, 6.07) is 15.5. The van der Waals surface area contributed by atoms with Crippen LogP contribution in [0.5, 0.6) is 0 Å². The van der Waals surface area contributed by atoms with Gasteiger partial charge in [0, 0.05) is 30.7 Å². The molecule has 5 rings (SSSR count). The van der Waals surface area contributed by atoms with E-state index in [1.165, 1.54) is 7.11 Å². The summed E-state index contributed by atoms with van der Waals surface area (Å²) in [6.07, 6.45) is 4.08. The van der Waals surface area contributed by atoms with E-state index in [0.29, 0.717) is 10.7 Å². The Morgan fingerprint density at radius 1 is 1.23 bits per heavy atom. The van der Waals surface area contributed by atoms with Crippen LogP contribution in [0.25, 0.3) is 5.69 Å². The molecule has 2 fully saturated rings. The fraction of sp³-hybridized carbons (Fsp3) is 0.370. The first-order valence-electron chi connectivity index (χ1n) is 12.0. The average Bonchev–Trinajstić information content (AvgIpc) is 3.58. The molecule has 182 valence electrons. The van der Waals surface area contributed by atoms with Crippen LogP contribution in [-0.4, -0.2) is 51.9 Å². The largest absolute Gasteiger partial charge is 0.465 e. The van der Waals surface area contributed by atoms with Crippen molar-refractivity contribution in [1.82, 2.24) is 19.8 Å². The number of pyridine rings is 1. The third kappa shape index (κ3) is 4.32. The quantitative estimate of drug-likeness (QED) is 0.405. The molecule has 35 heavy (non-hydrogen) atoms. The van der Waals surface area contributed by atoms with Crippen LogP contribution in [0.2, 0.25) is 0 Å². The van der Waals surface area contributed by atoms with Crippen molar-refractivity contribution in [3.8, 4) is 5.69 Å². The summed E-state index contributed by atoms with van der Waals surface area (Å²) in [5, 5.41) is 4.24. The molecule has 2 aliphatic heterocycles. The highest BCUT2D eigenvalue weighted by Gasteiger charge is 2.42. The molecule has 0 aliphatic carbocycles. The van der Waals surface area contributed by atoms with Crippen molar-refractivity contribution in [2.75, 3.05) is 20.3 Å². The number of hydrogen-bond acceptors (Lipinski definition) is 5. The number of carbonyl (C=O) groups excluding carboxylic acids is 1. The molecular formula is C27H30N4O3S. The SMILES string of the molecule is COC(=O)c1ccccc1-n1c(C)cc(C2C(c3ccccn3)NC(=S)N2CC2CCCO2)c1C. The Labute approximate surface area is 211 Å². The minimum atomic E-state index is -0.357. The molecule has 0 radical (unpaired) electrons. The maximum atomic E-state index is 12.5. The average molecular weight is 491 g/mol. The van der Waals surface area contributed by atoms with Crippen molar-refractivity contribution in [2.24, 2.45) is 0 Å². The van der Waals surface area contributed by atoms with Crippen LogP contribution in [0.4, 0.5) is 0 Å². The number of benzene rings is 1. The van der Waals surface area contributed by atoms with Gasteiger partial charge in [-0.3, -0.25) is 4.98 Å².